The second-order valence-electron chi connectivity index (χ2n) is 6.17. The van der Waals surface area contributed by atoms with Gasteiger partial charge < -0.3 is 9.22 Å². The molecule has 0 radical (unpaired) electrons. The van der Waals surface area contributed by atoms with Crippen LogP contribution in [0.15, 0.2) is 0 Å². The van der Waals surface area contributed by atoms with Crippen LogP contribution in [0.25, 0.3) is 0 Å². The molecule has 0 saturated carbocycles. The molecule has 0 aromatic carbocycles. The number of rotatable bonds is 7. The van der Waals surface area contributed by atoms with Crippen LogP contribution in [0, 0.1) is 0 Å². The van der Waals surface area contributed by atoms with Crippen molar-refractivity contribution in [2.45, 2.75) is 57.8 Å². The molecule has 0 aliphatic rings. The smallest absolute Gasteiger partial charge is 0.245 e. The zero-order chi connectivity index (χ0) is 15.3. The Morgan fingerprint density at radius 1 is 1.37 bits per heavy atom. The van der Waals surface area contributed by atoms with E-state index in [1.807, 2.05) is 0 Å². The van der Waals surface area contributed by atoms with Gasteiger partial charge in [0, 0.05) is 13.5 Å². The van der Waals surface area contributed by atoms with Gasteiger partial charge in [0.15, 0.2) is 8.32 Å². The maximum atomic E-state index is 11.6. The van der Waals surface area contributed by atoms with E-state index in [9.17, 15) is 9.59 Å². The van der Waals surface area contributed by atoms with E-state index < -0.39 is 14.4 Å². The van der Waals surface area contributed by atoms with E-state index in [0.717, 1.165) is 11.3 Å². The maximum absolute atomic E-state index is 11.6. The topological polar surface area (TPSA) is 55.8 Å². The van der Waals surface area contributed by atoms with Crippen molar-refractivity contribution < 1.29 is 18.9 Å². The van der Waals surface area contributed by atoms with Crippen molar-refractivity contribution in [2.24, 2.45) is 0 Å². The first-order chi connectivity index (χ1) is 8.55. The summed E-state index contributed by atoms with van der Waals surface area (Å²) in [6, 6.07) is 0. The summed E-state index contributed by atoms with van der Waals surface area (Å²) in [6.07, 6.45) is 0.904. The molecule has 0 aliphatic carbocycles. The van der Waals surface area contributed by atoms with Gasteiger partial charge in [-0.2, -0.15) is 0 Å². The predicted octanol–water partition coefficient (Wildman–Crippen LogP) is 2.38. The molecule has 0 aromatic rings. The van der Waals surface area contributed by atoms with Crippen LogP contribution in [0.5, 0.6) is 0 Å². The third-order valence-electron chi connectivity index (χ3n) is 3.67. The fraction of sp³-hybridized carbons (Fsp3) is 0.846. The lowest BCUT2D eigenvalue weighted by atomic mass is 10.2. The van der Waals surface area contributed by atoms with Crippen LogP contribution in [-0.4, -0.2) is 45.8 Å². The summed E-state index contributed by atoms with van der Waals surface area (Å²) in [5.41, 5.74) is 0. The molecule has 0 aliphatic heterocycles. The van der Waals surface area contributed by atoms with E-state index in [1.165, 1.54) is 7.11 Å². The van der Waals surface area contributed by atoms with Crippen molar-refractivity contribution in [1.29, 1.82) is 0 Å². The molecule has 0 fully saturated rings. The van der Waals surface area contributed by atoms with Gasteiger partial charge in [-0.3, -0.25) is 9.63 Å². The highest BCUT2D eigenvalue weighted by Crippen LogP contribution is 2.37. The summed E-state index contributed by atoms with van der Waals surface area (Å²) < 4.78 is 5.97. The van der Waals surface area contributed by atoms with E-state index in [1.54, 1.807) is 7.05 Å². The Hall–Kier alpha value is -0.723. The molecule has 0 rings (SSSR count). The van der Waals surface area contributed by atoms with E-state index in [-0.39, 0.29) is 17.4 Å². The molecule has 0 N–H and O–H groups in total. The van der Waals surface area contributed by atoms with Gasteiger partial charge in [0.1, 0.15) is 12.4 Å². The molecule has 0 unspecified atom stereocenters. The summed E-state index contributed by atoms with van der Waals surface area (Å²) in [4.78, 5) is 27.5. The molecular weight excluding hydrogens is 262 g/mol. The van der Waals surface area contributed by atoms with Crippen LogP contribution >= 0.6 is 0 Å². The molecule has 1 amide bonds. The van der Waals surface area contributed by atoms with Gasteiger partial charge in [0.25, 0.3) is 0 Å². The van der Waals surface area contributed by atoms with Crippen LogP contribution in [0.2, 0.25) is 18.1 Å². The first-order valence-electron chi connectivity index (χ1n) is 6.49. The van der Waals surface area contributed by atoms with E-state index in [4.69, 9.17) is 9.26 Å². The summed E-state index contributed by atoms with van der Waals surface area (Å²) in [5.74, 6) is -0.159. The van der Waals surface area contributed by atoms with Gasteiger partial charge in [-0.15, -0.1) is 0 Å². The van der Waals surface area contributed by atoms with Gasteiger partial charge in [-0.25, -0.2) is 5.06 Å². The van der Waals surface area contributed by atoms with E-state index >= 15 is 0 Å². The van der Waals surface area contributed by atoms with Crippen LogP contribution < -0.4 is 0 Å². The Balaban J connectivity index is 4.46. The van der Waals surface area contributed by atoms with Crippen molar-refractivity contribution in [3.8, 4) is 0 Å². The minimum atomic E-state index is -1.98. The summed E-state index contributed by atoms with van der Waals surface area (Å²) >= 11 is 0. The van der Waals surface area contributed by atoms with Crippen LogP contribution in [0.4, 0.5) is 0 Å². The quantitative estimate of drug-likeness (QED) is 0.410. The van der Waals surface area contributed by atoms with Crippen molar-refractivity contribution >= 4 is 20.5 Å². The lowest BCUT2D eigenvalue weighted by Gasteiger charge is -2.38. The second-order valence-corrected chi connectivity index (χ2v) is 10.9. The molecule has 0 aromatic heterocycles. The molecule has 0 saturated heterocycles. The third-order valence-corrected chi connectivity index (χ3v) is 8.18. The van der Waals surface area contributed by atoms with Gasteiger partial charge in [-0.1, -0.05) is 20.8 Å². The number of carbonyl (C=O) groups is 2. The summed E-state index contributed by atoms with van der Waals surface area (Å²) in [5, 5.41) is 1.20. The minimum Gasteiger partial charge on any atom is -0.407 e. The monoisotopic (exact) mass is 289 g/mol. The molecule has 0 bridgehead atoms. The van der Waals surface area contributed by atoms with Crippen molar-refractivity contribution in [3.05, 3.63) is 0 Å². The van der Waals surface area contributed by atoms with Crippen molar-refractivity contribution in [1.82, 2.24) is 5.06 Å². The predicted molar refractivity (Wildman–Crippen MR) is 77.1 cm³/mol. The number of carbonyl (C=O) groups excluding carboxylic acids is 2. The van der Waals surface area contributed by atoms with Crippen LogP contribution in [0.1, 0.15) is 33.6 Å². The number of hydrogen-bond acceptors (Lipinski definition) is 4. The Morgan fingerprint density at radius 2 is 1.89 bits per heavy atom. The Labute approximate surface area is 117 Å². The van der Waals surface area contributed by atoms with Crippen molar-refractivity contribution in [3.63, 3.8) is 0 Å². The molecule has 112 valence electrons. The van der Waals surface area contributed by atoms with E-state index in [0.29, 0.717) is 6.42 Å². The van der Waals surface area contributed by atoms with Gasteiger partial charge in [-0.05, 0) is 24.6 Å². The first kappa shape index (κ1) is 18.3. The molecule has 0 spiro atoms. The largest absolute Gasteiger partial charge is 0.407 e. The van der Waals surface area contributed by atoms with Gasteiger partial charge >= 0.3 is 0 Å². The number of nitrogens with zero attached hydrogens (tertiary/aromatic N) is 1. The zero-order valence-electron chi connectivity index (χ0n) is 13.1. The molecule has 6 heteroatoms. The molecule has 19 heavy (non-hydrogen) atoms. The number of hydrogen-bond donors (Lipinski definition) is 0. The number of aldehydes is 1. The highest BCUT2D eigenvalue weighted by molar-refractivity contribution is 6.74. The molecule has 5 nitrogen and oxygen atoms in total. The molecule has 1 atom stereocenters. The third kappa shape index (κ3) is 5.84. The van der Waals surface area contributed by atoms with Gasteiger partial charge in [0.2, 0.25) is 5.91 Å². The standard InChI is InChI=1S/C13H27NO4Si/c1-13(2,3)19(6,7)18-11(10-15)8-9-12(16)14(4)17-5/h10-11H,8-9H2,1-7H3/t11-/m0/s1. The molecular formula is C13H27NO4Si. The highest BCUT2D eigenvalue weighted by Gasteiger charge is 2.39. The SMILES string of the molecule is CON(C)C(=O)CC[C@@H](C=O)O[Si](C)(C)C(C)(C)C. The average molecular weight is 289 g/mol. The van der Waals surface area contributed by atoms with Crippen LogP contribution in [0.3, 0.4) is 0 Å². The lowest BCUT2D eigenvalue weighted by Crippen LogP contribution is -2.44. The van der Waals surface area contributed by atoms with E-state index in [2.05, 4.69) is 33.9 Å². The maximum Gasteiger partial charge on any atom is 0.245 e. The minimum absolute atomic E-state index is 0.0432. The van der Waals surface area contributed by atoms with Crippen molar-refractivity contribution in [2.75, 3.05) is 14.2 Å². The fourth-order valence-corrected chi connectivity index (χ4v) is 2.52. The van der Waals surface area contributed by atoms with Crippen LogP contribution in [-0.2, 0) is 18.9 Å². The van der Waals surface area contributed by atoms with Gasteiger partial charge in [0.05, 0.1) is 7.11 Å². The Bertz CT molecular complexity index is 312. The second kappa shape index (κ2) is 7.16. The first-order valence-corrected chi connectivity index (χ1v) is 9.39. The Kier molecular flexibility index (Phi) is 6.89. The molecule has 0 heterocycles. The summed E-state index contributed by atoms with van der Waals surface area (Å²) in [7, 11) is 0.996. The number of hydroxylamine groups is 2. The fourth-order valence-electron chi connectivity index (χ4n) is 1.23. The lowest BCUT2D eigenvalue weighted by molar-refractivity contribution is -0.169. The normalized spacial score (nSPS) is 14.1. The Morgan fingerprint density at radius 3 is 2.26 bits per heavy atom. The average Bonchev–Trinajstić information content (AvgIpc) is 2.31. The summed E-state index contributed by atoms with van der Waals surface area (Å²) in [6.45, 7) is 10.5. The zero-order valence-corrected chi connectivity index (χ0v) is 14.1. The number of amides is 1. The highest BCUT2D eigenvalue weighted by atomic mass is 28.4.